The minimum Gasteiger partial charge on any atom is -0.355 e. The minimum absolute atomic E-state index is 0.0131. The van der Waals surface area contributed by atoms with Crippen LogP contribution in [0, 0.1) is 5.41 Å². The van der Waals surface area contributed by atoms with Crippen molar-refractivity contribution in [2.45, 2.75) is 59.0 Å². The highest BCUT2D eigenvalue weighted by atomic mass is 16.1. The van der Waals surface area contributed by atoms with Gasteiger partial charge >= 0.3 is 0 Å². The second-order valence-corrected chi connectivity index (χ2v) is 6.39. The van der Waals surface area contributed by atoms with E-state index in [-0.39, 0.29) is 17.4 Å². The van der Waals surface area contributed by atoms with Crippen LogP contribution in [0.15, 0.2) is 0 Å². The van der Waals surface area contributed by atoms with E-state index in [1.165, 1.54) is 12.8 Å². The Kier molecular flexibility index (Phi) is 5.60. The van der Waals surface area contributed by atoms with Gasteiger partial charge in [0, 0.05) is 31.6 Å². The van der Waals surface area contributed by atoms with Crippen molar-refractivity contribution in [3.8, 4) is 0 Å². The van der Waals surface area contributed by atoms with Crippen LogP contribution in [0.5, 0.6) is 0 Å². The van der Waals surface area contributed by atoms with Gasteiger partial charge in [-0.1, -0.05) is 27.7 Å². The molecule has 1 amide bonds. The molecule has 0 bridgehead atoms. The van der Waals surface area contributed by atoms with Gasteiger partial charge in [-0.05, 0) is 24.8 Å². The lowest BCUT2D eigenvalue weighted by atomic mass is 9.85. The summed E-state index contributed by atoms with van der Waals surface area (Å²) in [5.41, 5.74) is 5.98. The van der Waals surface area contributed by atoms with Crippen molar-refractivity contribution >= 4 is 5.91 Å². The average Bonchev–Trinajstić information content (AvgIpc) is 3.06. The van der Waals surface area contributed by atoms with Crippen LogP contribution in [0.25, 0.3) is 0 Å². The summed E-state index contributed by atoms with van der Waals surface area (Å²) in [5, 5.41) is 2.97. The molecule has 0 aromatic carbocycles. The van der Waals surface area contributed by atoms with E-state index in [2.05, 4.69) is 37.9 Å². The first-order valence-corrected chi connectivity index (χ1v) is 7.11. The molecule has 4 heteroatoms. The monoisotopic (exact) mass is 255 g/mol. The molecule has 1 aliphatic rings. The van der Waals surface area contributed by atoms with Crippen LogP contribution in [-0.4, -0.2) is 42.5 Å². The lowest BCUT2D eigenvalue weighted by Gasteiger charge is -2.26. The van der Waals surface area contributed by atoms with Crippen molar-refractivity contribution in [2.24, 2.45) is 11.1 Å². The van der Waals surface area contributed by atoms with Crippen molar-refractivity contribution in [2.75, 3.05) is 19.6 Å². The molecule has 1 atom stereocenters. The second kappa shape index (κ2) is 6.53. The molecule has 0 radical (unpaired) electrons. The van der Waals surface area contributed by atoms with Gasteiger partial charge < -0.3 is 11.1 Å². The van der Waals surface area contributed by atoms with Gasteiger partial charge in [0.1, 0.15) is 0 Å². The Morgan fingerprint density at radius 2 is 2.06 bits per heavy atom. The molecule has 1 fully saturated rings. The first-order chi connectivity index (χ1) is 8.34. The number of nitrogens with zero attached hydrogens (tertiary/aromatic N) is 1. The normalized spacial score (nSPS) is 17.9. The fourth-order valence-electron chi connectivity index (χ4n) is 1.96. The maximum atomic E-state index is 11.7. The summed E-state index contributed by atoms with van der Waals surface area (Å²) in [7, 11) is 0. The maximum absolute atomic E-state index is 11.7. The fraction of sp³-hybridized carbons (Fsp3) is 0.929. The molecular weight excluding hydrogens is 226 g/mol. The summed E-state index contributed by atoms with van der Waals surface area (Å²) in [6.07, 6.45) is 3.05. The van der Waals surface area contributed by atoms with Crippen LogP contribution in [0.4, 0.5) is 0 Å². The van der Waals surface area contributed by atoms with Crippen LogP contribution in [0.2, 0.25) is 0 Å². The molecule has 3 N–H and O–H groups in total. The van der Waals surface area contributed by atoms with Gasteiger partial charge in [-0.15, -0.1) is 0 Å². The van der Waals surface area contributed by atoms with E-state index in [1.807, 2.05) is 0 Å². The zero-order valence-electron chi connectivity index (χ0n) is 12.3. The molecule has 1 rings (SSSR count). The molecule has 0 aromatic heterocycles. The molecule has 18 heavy (non-hydrogen) atoms. The van der Waals surface area contributed by atoms with Gasteiger partial charge in [-0.2, -0.15) is 0 Å². The standard InChI is InChI=1S/C14H29N3O/c1-5-17(11-6-7-11)9-8-16-13(18)10-12(15)14(2,3)4/h11-12H,5-10,15H2,1-4H3,(H,16,18). The number of hydrogen-bond donors (Lipinski definition) is 2. The Morgan fingerprint density at radius 3 is 2.50 bits per heavy atom. The largest absolute Gasteiger partial charge is 0.355 e. The summed E-state index contributed by atoms with van der Waals surface area (Å²) < 4.78 is 0. The van der Waals surface area contributed by atoms with Crippen molar-refractivity contribution in [1.82, 2.24) is 10.2 Å². The van der Waals surface area contributed by atoms with Crippen molar-refractivity contribution in [3.63, 3.8) is 0 Å². The average molecular weight is 255 g/mol. The van der Waals surface area contributed by atoms with Crippen LogP contribution >= 0.6 is 0 Å². The Morgan fingerprint density at radius 1 is 1.44 bits per heavy atom. The first-order valence-electron chi connectivity index (χ1n) is 7.11. The van der Waals surface area contributed by atoms with Crippen LogP contribution in [0.3, 0.4) is 0 Å². The Balaban J connectivity index is 2.16. The number of hydrogen-bond acceptors (Lipinski definition) is 3. The van der Waals surface area contributed by atoms with Crippen molar-refractivity contribution in [1.29, 1.82) is 0 Å². The highest BCUT2D eigenvalue weighted by molar-refractivity contribution is 5.76. The molecule has 0 heterocycles. The minimum atomic E-state index is -0.0804. The van der Waals surface area contributed by atoms with Gasteiger partial charge in [0.15, 0.2) is 0 Å². The van der Waals surface area contributed by atoms with E-state index in [0.717, 1.165) is 25.7 Å². The van der Waals surface area contributed by atoms with Gasteiger partial charge in [-0.3, -0.25) is 9.69 Å². The van der Waals surface area contributed by atoms with E-state index in [1.54, 1.807) is 0 Å². The lowest BCUT2D eigenvalue weighted by Crippen LogP contribution is -2.42. The van der Waals surface area contributed by atoms with Crippen molar-refractivity contribution < 1.29 is 4.79 Å². The van der Waals surface area contributed by atoms with Crippen LogP contribution < -0.4 is 11.1 Å². The van der Waals surface area contributed by atoms with Crippen LogP contribution in [0.1, 0.15) is 47.0 Å². The predicted molar refractivity (Wildman–Crippen MR) is 75.3 cm³/mol. The zero-order chi connectivity index (χ0) is 13.8. The molecule has 106 valence electrons. The van der Waals surface area contributed by atoms with E-state index in [0.29, 0.717) is 6.42 Å². The van der Waals surface area contributed by atoms with E-state index in [9.17, 15) is 4.79 Å². The molecule has 1 unspecified atom stereocenters. The van der Waals surface area contributed by atoms with Crippen LogP contribution in [-0.2, 0) is 4.79 Å². The first kappa shape index (κ1) is 15.4. The SMILES string of the molecule is CCN(CCNC(=O)CC(N)C(C)(C)C)C1CC1. The summed E-state index contributed by atoms with van der Waals surface area (Å²) in [4.78, 5) is 14.2. The third-order valence-corrected chi connectivity index (χ3v) is 3.71. The predicted octanol–water partition coefficient (Wildman–Crippen LogP) is 1.35. The molecule has 1 aliphatic carbocycles. The highest BCUT2D eigenvalue weighted by Gasteiger charge is 2.27. The Hall–Kier alpha value is -0.610. The summed E-state index contributed by atoms with van der Waals surface area (Å²) in [5.74, 6) is 0.0734. The summed E-state index contributed by atoms with van der Waals surface area (Å²) >= 11 is 0. The van der Waals surface area contributed by atoms with Gasteiger partial charge in [0.05, 0.1) is 0 Å². The van der Waals surface area contributed by atoms with Gasteiger partial charge in [0.25, 0.3) is 0 Å². The molecule has 0 aliphatic heterocycles. The number of carbonyl (C=O) groups is 1. The van der Waals surface area contributed by atoms with Gasteiger partial charge in [0.2, 0.25) is 5.91 Å². The Bertz CT molecular complexity index is 269. The number of carbonyl (C=O) groups excluding carboxylic acids is 1. The zero-order valence-corrected chi connectivity index (χ0v) is 12.3. The quantitative estimate of drug-likeness (QED) is 0.722. The number of nitrogens with one attached hydrogen (secondary N) is 1. The van der Waals surface area contributed by atoms with E-state index >= 15 is 0 Å². The summed E-state index contributed by atoms with van der Waals surface area (Å²) in [6, 6.07) is 0.687. The number of rotatable bonds is 7. The molecule has 4 nitrogen and oxygen atoms in total. The Labute approximate surface area is 111 Å². The lowest BCUT2D eigenvalue weighted by molar-refractivity contribution is -0.122. The number of nitrogens with two attached hydrogens (primary N) is 1. The topological polar surface area (TPSA) is 58.4 Å². The van der Waals surface area contributed by atoms with Gasteiger partial charge in [-0.25, -0.2) is 0 Å². The third kappa shape index (κ3) is 5.36. The molecule has 0 saturated heterocycles. The highest BCUT2D eigenvalue weighted by Crippen LogP contribution is 2.25. The number of likely N-dealkylation sites (N-methyl/N-ethyl adjacent to an activating group) is 1. The fourth-order valence-corrected chi connectivity index (χ4v) is 1.96. The molecule has 0 aromatic rings. The molecule has 0 spiro atoms. The summed E-state index contributed by atoms with van der Waals surface area (Å²) in [6.45, 7) is 11.1. The smallest absolute Gasteiger partial charge is 0.221 e. The van der Waals surface area contributed by atoms with E-state index in [4.69, 9.17) is 5.73 Å². The molecular formula is C14H29N3O. The van der Waals surface area contributed by atoms with E-state index < -0.39 is 0 Å². The third-order valence-electron chi connectivity index (χ3n) is 3.71. The van der Waals surface area contributed by atoms with Crippen molar-refractivity contribution in [3.05, 3.63) is 0 Å². The maximum Gasteiger partial charge on any atom is 0.221 e. The second-order valence-electron chi connectivity index (χ2n) is 6.39. The number of amides is 1. The molecule has 1 saturated carbocycles.